The van der Waals surface area contributed by atoms with Crippen molar-refractivity contribution in [3.05, 3.63) is 11.4 Å². The minimum atomic E-state index is -0.0522. The Morgan fingerprint density at radius 1 is 1.47 bits per heavy atom. The maximum absolute atomic E-state index is 12.5. The van der Waals surface area contributed by atoms with Crippen LogP contribution in [0.4, 0.5) is 5.69 Å². The van der Waals surface area contributed by atoms with Crippen molar-refractivity contribution in [3.63, 3.8) is 0 Å². The second-order valence-corrected chi connectivity index (χ2v) is 5.10. The number of anilines is 1. The number of hydrogen-bond acceptors (Lipinski definition) is 4. The number of aromatic nitrogens is 2. The molecular formula is C13H22N4O2. The number of nitrogens with two attached hydrogens (primary N) is 1. The van der Waals surface area contributed by atoms with E-state index in [-0.39, 0.29) is 12.5 Å². The molecule has 1 aliphatic rings. The number of amides is 1. The predicted octanol–water partition coefficient (Wildman–Crippen LogP) is 0.409. The van der Waals surface area contributed by atoms with Crippen LogP contribution in [0, 0.1) is 5.92 Å². The number of carbonyl (C=O) groups is 1. The molecule has 0 aliphatic carbocycles. The van der Waals surface area contributed by atoms with Gasteiger partial charge in [-0.15, -0.1) is 0 Å². The molecular weight excluding hydrogens is 244 g/mol. The van der Waals surface area contributed by atoms with E-state index >= 15 is 0 Å². The third-order valence-corrected chi connectivity index (χ3v) is 3.86. The number of likely N-dealkylation sites (tertiary alicyclic amines) is 1. The van der Waals surface area contributed by atoms with Crippen LogP contribution in [0.2, 0.25) is 0 Å². The number of aryl methyl sites for hydroxylation is 2. The molecule has 0 atom stereocenters. The summed E-state index contributed by atoms with van der Waals surface area (Å²) in [6.45, 7) is 3.53. The Morgan fingerprint density at radius 3 is 2.58 bits per heavy atom. The Bertz CT molecular complexity index is 461. The second kappa shape index (κ2) is 5.61. The smallest absolute Gasteiger partial charge is 0.274 e. The quantitative estimate of drug-likeness (QED) is 0.830. The lowest BCUT2D eigenvalue weighted by atomic mass is 9.97. The van der Waals surface area contributed by atoms with Crippen molar-refractivity contribution in [3.8, 4) is 0 Å². The van der Waals surface area contributed by atoms with Gasteiger partial charge in [-0.1, -0.05) is 6.92 Å². The molecule has 0 unspecified atom stereocenters. The third-order valence-electron chi connectivity index (χ3n) is 3.86. The number of rotatable bonds is 3. The number of aliphatic hydroxyl groups excluding tert-OH is 1. The number of carbonyl (C=O) groups excluding carboxylic acids is 1. The molecule has 1 aromatic heterocycles. The number of aliphatic hydroxyl groups is 1. The zero-order valence-electron chi connectivity index (χ0n) is 11.6. The summed E-state index contributed by atoms with van der Waals surface area (Å²) in [4.78, 5) is 14.3. The van der Waals surface area contributed by atoms with E-state index in [1.807, 2.05) is 6.92 Å². The van der Waals surface area contributed by atoms with Crippen molar-refractivity contribution in [2.45, 2.75) is 26.2 Å². The van der Waals surface area contributed by atoms with Gasteiger partial charge in [0.1, 0.15) is 5.69 Å². The molecule has 19 heavy (non-hydrogen) atoms. The van der Waals surface area contributed by atoms with Gasteiger partial charge in [-0.3, -0.25) is 9.48 Å². The van der Waals surface area contributed by atoms with Crippen LogP contribution in [0.25, 0.3) is 0 Å². The molecule has 0 aromatic carbocycles. The summed E-state index contributed by atoms with van der Waals surface area (Å²) in [6.07, 6.45) is 2.42. The van der Waals surface area contributed by atoms with Gasteiger partial charge in [-0.25, -0.2) is 0 Å². The van der Waals surface area contributed by atoms with Crippen LogP contribution >= 0.6 is 0 Å². The fraction of sp³-hybridized carbons (Fsp3) is 0.692. The van der Waals surface area contributed by atoms with Crippen LogP contribution in [-0.2, 0) is 13.5 Å². The lowest BCUT2D eigenvalue weighted by Gasteiger charge is -2.31. The highest BCUT2D eigenvalue weighted by Crippen LogP contribution is 2.22. The highest BCUT2D eigenvalue weighted by molar-refractivity contribution is 5.98. The molecule has 0 radical (unpaired) electrons. The SMILES string of the molecule is CCc1nn(C)c(C(=O)N2CCC(CO)CC2)c1N. The summed E-state index contributed by atoms with van der Waals surface area (Å²) in [7, 11) is 1.75. The average Bonchev–Trinajstić information content (AvgIpc) is 2.72. The molecule has 1 aromatic rings. The summed E-state index contributed by atoms with van der Waals surface area (Å²) >= 11 is 0. The largest absolute Gasteiger partial charge is 0.396 e. The third kappa shape index (κ3) is 2.58. The molecule has 6 heteroatoms. The Kier molecular flexibility index (Phi) is 4.09. The lowest BCUT2D eigenvalue weighted by molar-refractivity contribution is 0.0641. The molecule has 106 valence electrons. The summed E-state index contributed by atoms with van der Waals surface area (Å²) < 4.78 is 1.58. The molecule has 6 nitrogen and oxygen atoms in total. The summed E-state index contributed by atoms with van der Waals surface area (Å²) in [6, 6.07) is 0. The van der Waals surface area contributed by atoms with Gasteiger partial charge in [-0.05, 0) is 25.2 Å². The Labute approximate surface area is 113 Å². The van der Waals surface area contributed by atoms with Gasteiger partial charge in [0.15, 0.2) is 0 Å². The topological polar surface area (TPSA) is 84.4 Å². The molecule has 0 saturated carbocycles. The van der Waals surface area contributed by atoms with Gasteiger partial charge in [0.25, 0.3) is 5.91 Å². The molecule has 0 spiro atoms. The summed E-state index contributed by atoms with van der Waals surface area (Å²) in [5, 5.41) is 13.4. The lowest BCUT2D eigenvalue weighted by Crippen LogP contribution is -2.40. The predicted molar refractivity (Wildman–Crippen MR) is 72.7 cm³/mol. The van der Waals surface area contributed by atoms with Gasteiger partial charge in [0.2, 0.25) is 0 Å². The number of nitrogen functional groups attached to an aromatic ring is 1. The first-order chi connectivity index (χ1) is 9.08. The van der Waals surface area contributed by atoms with E-state index in [1.165, 1.54) is 0 Å². The molecule has 1 amide bonds. The number of piperidine rings is 1. The van der Waals surface area contributed by atoms with E-state index in [2.05, 4.69) is 5.10 Å². The van der Waals surface area contributed by atoms with Gasteiger partial charge in [0, 0.05) is 26.7 Å². The van der Waals surface area contributed by atoms with Gasteiger partial charge < -0.3 is 15.7 Å². The standard InChI is InChI=1S/C13H22N4O2/c1-3-10-11(14)12(16(2)15-10)13(19)17-6-4-9(8-18)5-7-17/h9,18H,3-8,14H2,1-2H3. The fourth-order valence-corrected chi connectivity index (χ4v) is 2.58. The molecule has 0 bridgehead atoms. The molecule has 2 heterocycles. The maximum Gasteiger partial charge on any atom is 0.274 e. The van der Waals surface area contributed by atoms with E-state index in [9.17, 15) is 4.79 Å². The van der Waals surface area contributed by atoms with Gasteiger partial charge in [0.05, 0.1) is 11.4 Å². The van der Waals surface area contributed by atoms with Crippen LogP contribution in [-0.4, -0.2) is 45.4 Å². The average molecular weight is 266 g/mol. The zero-order valence-corrected chi connectivity index (χ0v) is 11.6. The van der Waals surface area contributed by atoms with E-state index in [0.717, 1.165) is 25.0 Å². The normalized spacial score (nSPS) is 16.9. The van der Waals surface area contributed by atoms with Crippen molar-refractivity contribution in [2.75, 3.05) is 25.4 Å². The monoisotopic (exact) mass is 266 g/mol. The Morgan fingerprint density at radius 2 is 2.11 bits per heavy atom. The molecule has 1 fully saturated rings. The first kappa shape index (κ1) is 13.9. The first-order valence-electron chi connectivity index (χ1n) is 6.79. The van der Waals surface area contributed by atoms with Crippen molar-refractivity contribution in [2.24, 2.45) is 13.0 Å². The Balaban J connectivity index is 2.14. The zero-order chi connectivity index (χ0) is 14.0. The highest BCUT2D eigenvalue weighted by atomic mass is 16.3. The number of nitrogens with zero attached hydrogens (tertiary/aromatic N) is 3. The minimum absolute atomic E-state index is 0.0522. The Hall–Kier alpha value is -1.56. The molecule has 1 aliphatic heterocycles. The van der Waals surface area contributed by atoms with E-state index < -0.39 is 0 Å². The second-order valence-electron chi connectivity index (χ2n) is 5.10. The van der Waals surface area contributed by atoms with Crippen molar-refractivity contribution in [1.29, 1.82) is 0 Å². The first-order valence-corrected chi connectivity index (χ1v) is 6.79. The van der Waals surface area contributed by atoms with Crippen molar-refractivity contribution < 1.29 is 9.90 Å². The van der Waals surface area contributed by atoms with Crippen LogP contribution in [0.1, 0.15) is 35.9 Å². The highest BCUT2D eigenvalue weighted by Gasteiger charge is 2.27. The van der Waals surface area contributed by atoms with E-state index in [4.69, 9.17) is 10.8 Å². The summed E-state index contributed by atoms with van der Waals surface area (Å²) in [5.74, 6) is 0.266. The van der Waals surface area contributed by atoms with E-state index in [0.29, 0.717) is 30.4 Å². The maximum atomic E-state index is 12.5. The van der Waals surface area contributed by atoms with Crippen molar-refractivity contribution >= 4 is 11.6 Å². The summed E-state index contributed by atoms with van der Waals surface area (Å²) in [5.41, 5.74) is 7.76. The van der Waals surface area contributed by atoms with Crippen LogP contribution in [0.5, 0.6) is 0 Å². The number of hydrogen-bond donors (Lipinski definition) is 2. The minimum Gasteiger partial charge on any atom is -0.396 e. The van der Waals surface area contributed by atoms with Gasteiger partial charge >= 0.3 is 0 Å². The van der Waals surface area contributed by atoms with Crippen molar-refractivity contribution in [1.82, 2.24) is 14.7 Å². The molecule has 3 N–H and O–H groups in total. The van der Waals surface area contributed by atoms with Crippen LogP contribution < -0.4 is 5.73 Å². The molecule has 1 saturated heterocycles. The van der Waals surface area contributed by atoms with Crippen LogP contribution in [0.3, 0.4) is 0 Å². The fourth-order valence-electron chi connectivity index (χ4n) is 2.58. The van der Waals surface area contributed by atoms with E-state index in [1.54, 1.807) is 16.6 Å². The molecule has 2 rings (SSSR count). The van der Waals surface area contributed by atoms with Crippen LogP contribution in [0.15, 0.2) is 0 Å². The van der Waals surface area contributed by atoms with Gasteiger partial charge in [-0.2, -0.15) is 5.10 Å².